The summed E-state index contributed by atoms with van der Waals surface area (Å²) in [7, 11) is 0. The topological polar surface area (TPSA) is 0 Å². The highest BCUT2D eigenvalue weighted by Crippen LogP contribution is 2.17. The predicted molar refractivity (Wildman–Crippen MR) is 57.6 cm³/mol. The number of hydrogen-bond acceptors (Lipinski definition) is 0. The molecule has 0 spiro atoms. The summed E-state index contributed by atoms with van der Waals surface area (Å²) < 4.78 is 12.3. The van der Waals surface area contributed by atoms with Crippen molar-refractivity contribution >= 4 is 34.2 Å². The first-order valence-corrected chi connectivity index (χ1v) is 5.69. The van der Waals surface area contributed by atoms with Crippen molar-refractivity contribution < 1.29 is 4.39 Å². The van der Waals surface area contributed by atoms with Crippen LogP contribution in [-0.2, 0) is 0 Å². The Labute approximate surface area is 87.0 Å². The summed E-state index contributed by atoms with van der Waals surface area (Å²) in [6.07, 6.45) is 3.84. The highest BCUT2D eigenvalue weighted by Gasteiger charge is 2.05. The summed E-state index contributed by atoms with van der Waals surface area (Å²) >= 11 is 8.15. The van der Waals surface area contributed by atoms with Gasteiger partial charge in [0.2, 0.25) is 0 Å². The molecule has 0 aliphatic heterocycles. The van der Waals surface area contributed by atoms with Crippen LogP contribution in [0.5, 0.6) is 0 Å². The number of alkyl halides is 3. The molecule has 0 heterocycles. The molecule has 0 saturated carbocycles. The van der Waals surface area contributed by atoms with Gasteiger partial charge in [-0.25, -0.2) is 0 Å². The van der Waals surface area contributed by atoms with Crippen LogP contribution in [0.15, 0.2) is 0 Å². The summed E-state index contributed by atoms with van der Waals surface area (Å²) in [6, 6.07) is 0. The van der Waals surface area contributed by atoms with Gasteiger partial charge in [-0.1, -0.05) is 22.6 Å². The summed E-state index contributed by atoms with van der Waals surface area (Å²) in [5.74, 6) is 0. The Morgan fingerprint density at radius 3 is 2.45 bits per heavy atom. The van der Waals surface area contributed by atoms with Gasteiger partial charge in [0.1, 0.15) is 0 Å². The lowest BCUT2D eigenvalue weighted by molar-refractivity contribution is 0.457. The average molecular weight is 293 g/mol. The maximum Gasteiger partial charge on any atom is 0.0894 e. The maximum atomic E-state index is 11.7. The van der Waals surface area contributed by atoms with Crippen LogP contribution >= 0.6 is 34.2 Å². The molecule has 0 nitrogen and oxygen atoms in total. The summed E-state index contributed by atoms with van der Waals surface area (Å²) in [5, 5.41) is 0.262. The molecule has 0 N–H and O–H groups in total. The lowest BCUT2D eigenvalue weighted by Crippen LogP contribution is -2.01. The number of halogens is 3. The van der Waals surface area contributed by atoms with Gasteiger partial charge in [-0.15, -0.1) is 11.6 Å². The quantitative estimate of drug-likeness (QED) is 0.514. The molecule has 11 heavy (non-hydrogen) atoms. The Balaban J connectivity index is 3.15. The summed E-state index contributed by atoms with van der Waals surface area (Å²) in [6.45, 7) is 1.82. The zero-order chi connectivity index (χ0) is 8.69. The summed E-state index contributed by atoms with van der Waals surface area (Å²) in [4.78, 5) is 0. The van der Waals surface area contributed by atoms with Gasteiger partial charge in [-0.3, -0.25) is 4.39 Å². The molecule has 68 valence electrons. The van der Waals surface area contributed by atoms with Gasteiger partial charge >= 0.3 is 0 Å². The van der Waals surface area contributed by atoms with Crippen LogP contribution in [-0.4, -0.2) is 16.0 Å². The Kier molecular flexibility index (Phi) is 8.25. The second-order valence-electron chi connectivity index (χ2n) is 2.79. The van der Waals surface area contributed by atoms with Crippen LogP contribution in [0.2, 0.25) is 0 Å². The normalized spacial score (nSPS) is 16.4. The molecule has 0 aliphatic rings. The van der Waals surface area contributed by atoms with Crippen molar-refractivity contribution in [3.8, 4) is 0 Å². The van der Waals surface area contributed by atoms with E-state index in [1.165, 1.54) is 0 Å². The monoisotopic (exact) mass is 292 g/mol. The zero-order valence-electron chi connectivity index (χ0n) is 6.82. The fourth-order valence-corrected chi connectivity index (χ4v) is 1.78. The van der Waals surface area contributed by atoms with Crippen molar-refractivity contribution in [1.29, 1.82) is 0 Å². The zero-order valence-corrected chi connectivity index (χ0v) is 9.74. The third-order valence-electron chi connectivity index (χ3n) is 1.53. The smallest absolute Gasteiger partial charge is 0.0894 e. The Hall–Kier alpha value is 0.950. The molecule has 1 unspecified atom stereocenters. The van der Waals surface area contributed by atoms with Crippen LogP contribution in [0.4, 0.5) is 4.39 Å². The van der Waals surface area contributed by atoms with E-state index in [2.05, 4.69) is 22.6 Å². The largest absolute Gasteiger partial charge is 0.251 e. The molecule has 0 bridgehead atoms. The van der Waals surface area contributed by atoms with E-state index in [-0.39, 0.29) is 12.1 Å². The van der Waals surface area contributed by atoms with Crippen LogP contribution in [0, 0.1) is 0 Å². The number of rotatable bonds is 6. The van der Waals surface area contributed by atoms with E-state index in [1.807, 2.05) is 6.92 Å². The van der Waals surface area contributed by atoms with Crippen LogP contribution in [0.1, 0.15) is 32.6 Å². The first-order valence-electron chi connectivity index (χ1n) is 4.01. The summed E-state index contributed by atoms with van der Waals surface area (Å²) in [5.41, 5.74) is 0. The maximum absolute atomic E-state index is 11.7. The highest BCUT2D eigenvalue weighted by atomic mass is 127. The second kappa shape index (κ2) is 7.59. The van der Waals surface area contributed by atoms with Crippen molar-refractivity contribution in [2.75, 3.05) is 6.67 Å². The van der Waals surface area contributed by atoms with Crippen molar-refractivity contribution in [2.24, 2.45) is 0 Å². The van der Waals surface area contributed by atoms with Crippen molar-refractivity contribution in [1.82, 2.24) is 0 Å². The molecule has 2 atom stereocenters. The third kappa shape index (κ3) is 8.86. The van der Waals surface area contributed by atoms with E-state index >= 15 is 0 Å². The van der Waals surface area contributed by atoms with Gasteiger partial charge < -0.3 is 0 Å². The highest BCUT2D eigenvalue weighted by molar-refractivity contribution is 14.1. The molecule has 0 aromatic carbocycles. The molecule has 0 fully saturated rings. The molecule has 0 aromatic rings. The van der Waals surface area contributed by atoms with E-state index in [9.17, 15) is 4.39 Å². The SMILES string of the molecule is CC(Cl)CC[C@@H](I)CCCF. The molecular weight excluding hydrogens is 277 g/mol. The van der Waals surface area contributed by atoms with Crippen molar-refractivity contribution in [3.63, 3.8) is 0 Å². The van der Waals surface area contributed by atoms with Crippen molar-refractivity contribution in [2.45, 2.75) is 41.9 Å². The van der Waals surface area contributed by atoms with E-state index in [1.54, 1.807) is 0 Å². The molecule has 3 heteroatoms. The van der Waals surface area contributed by atoms with Gasteiger partial charge in [-0.2, -0.15) is 0 Å². The van der Waals surface area contributed by atoms with E-state index in [4.69, 9.17) is 11.6 Å². The first kappa shape index (κ1) is 11.9. The molecule has 0 amide bonds. The minimum atomic E-state index is -0.185. The van der Waals surface area contributed by atoms with Crippen LogP contribution < -0.4 is 0 Å². The average Bonchev–Trinajstić information content (AvgIpc) is 1.97. The molecule has 0 aromatic heterocycles. The van der Waals surface area contributed by atoms with Gasteiger partial charge in [0.25, 0.3) is 0 Å². The predicted octanol–water partition coefficient (Wildman–Crippen LogP) is 3.95. The van der Waals surface area contributed by atoms with Crippen LogP contribution in [0.25, 0.3) is 0 Å². The fourth-order valence-electron chi connectivity index (χ4n) is 0.853. The van der Waals surface area contributed by atoms with E-state index in [0.717, 1.165) is 19.3 Å². The molecule has 0 saturated heterocycles. The Morgan fingerprint density at radius 1 is 1.36 bits per heavy atom. The van der Waals surface area contributed by atoms with Crippen LogP contribution in [0.3, 0.4) is 0 Å². The van der Waals surface area contributed by atoms with Crippen molar-refractivity contribution in [3.05, 3.63) is 0 Å². The molecule has 0 radical (unpaired) electrons. The molecular formula is C8H15ClFI. The molecule has 0 rings (SSSR count). The van der Waals surface area contributed by atoms with Gasteiger partial charge in [0.15, 0.2) is 0 Å². The van der Waals surface area contributed by atoms with Gasteiger partial charge in [0, 0.05) is 9.30 Å². The minimum Gasteiger partial charge on any atom is -0.251 e. The third-order valence-corrected chi connectivity index (χ3v) is 2.99. The van der Waals surface area contributed by atoms with E-state index in [0.29, 0.717) is 10.3 Å². The minimum absolute atomic E-state index is 0.185. The van der Waals surface area contributed by atoms with Gasteiger partial charge in [0.05, 0.1) is 6.67 Å². The Morgan fingerprint density at radius 2 is 2.00 bits per heavy atom. The first-order chi connectivity index (χ1) is 5.16. The van der Waals surface area contributed by atoms with E-state index < -0.39 is 0 Å². The number of hydrogen-bond donors (Lipinski definition) is 0. The fraction of sp³-hybridized carbons (Fsp3) is 1.00. The second-order valence-corrected chi connectivity index (χ2v) is 5.29. The standard InChI is InChI=1S/C8H15ClFI/c1-7(9)4-5-8(11)3-2-6-10/h7-8H,2-6H2,1H3/t7?,8-/m0/s1. The molecule has 0 aliphatic carbocycles. The lowest BCUT2D eigenvalue weighted by Gasteiger charge is -2.08. The Bertz CT molecular complexity index is 88.2. The van der Waals surface area contributed by atoms with Gasteiger partial charge in [-0.05, 0) is 32.6 Å². The lowest BCUT2D eigenvalue weighted by atomic mass is 10.1.